The van der Waals surface area contributed by atoms with Gasteiger partial charge in [0, 0.05) is 24.7 Å². The Balaban J connectivity index is 1.79. The van der Waals surface area contributed by atoms with Crippen molar-refractivity contribution in [3.8, 4) is 0 Å². The van der Waals surface area contributed by atoms with E-state index in [2.05, 4.69) is 15.5 Å². The molecule has 25 heavy (non-hydrogen) atoms. The summed E-state index contributed by atoms with van der Waals surface area (Å²) in [7, 11) is 1.35. The molecule has 7 heteroatoms. The van der Waals surface area contributed by atoms with E-state index in [1.54, 1.807) is 12.1 Å². The first kappa shape index (κ1) is 17.7. The zero-order valence-electron chi connectivity index (χ0n) is 14.7. The summed E-state index contributed by atoms with van der Waals surface area (Å²) >= 11 is 0. The van der Waals surface area contributed by atoms with Crippen LogP contribution in [0, 0.1) is 11.8 Å². The van der Waals surface area contributed by atoms with Crippen LogP contribution < -0.4 is 15.5 Å². The zero-order valence-corrected chi connectivity index (χ0v) is 14.7. The van der Waals surface area contributed by atoms with E-state index in [9.17, 15) is 9.59 Å². The third kappa shape index (κ3) is 3.93. The molecule has 0 aromatic heterocycles. The van der Waals surface area contributed by atoms with Crippen LogP contribution >= 0.6 is 0 Å². The third-order valence-corrected chi connectivity index (χ3v) is 4.98. The molecule has 2 aliphatic rings. The maximum Gasteiger partial charge on any atom is 0.340 e. The van der Waals surface area contributed by atoms with Gasteiger partial charge in [0.2, 0.25) is 5.91 Å². The fourth-order valence-electron chi connectivity index (χ4n) is 3.06. The highest BCUT2D eigenvalue weighted by atomic mass is 16.5. The molecule has 1 unspecified atom stereocenters. The highest BCUT2D eigenvalue weighted by Crippen LogP contribution is 2.26. The maximum atomic E-state index is 12.5. The van der Waals surface area contributed by atoms with Gasteiger partial charge >= 0.3 is 5.97 Å². The van der Waals surface area contributed by atoms with E-state index in [0.29, 0.717) is 30.4 Å². The molecule has 1 atom stereocenters. The predicted molar refractivity (Wildman–Crippen MR) is 95.0 cm³/mol. The second kappa shape index (κ2) is 7.84. The molecule has 0 aliphatic carbocycles. The number of benzene rings is 1. The summed E-state index contributed by atoms with van der Waals surface area (Å²) in [5, 5.41) is 6.07. The topological polar surface area (TPSA) is 79.9 Å². The van der Waals surface area contributed by atoms with Crippen LogP contribution in [0.4, 0.5) is 11.4 Å². The van der Waals surface area contributed by atoms with Crippen LogP contribution in [0.2, 0.25) is 0 Å². The molecule has 1 aromatic rings. The van der Waals surface area contributed by atoms with Crippen molar-refractivity contribution in [2.24, 2.45) is 11.8 Å². The Kier molecular flexibility index (Phi) is 5.55. The second-order valence-electron chi connectivity index (χ2n) is 6.52. The van der Waals surface area contributed by atoms with Crippen molar-refractivity contribution in [1.29, 1.82) is 0 Å². The first-order chi connectivity index (χ1) is 12.1. The van der Waals surface area contributed by atoms with Gasteiger partial charge < -0.3 is 25.0 Å². The SMILES string of the molecule is COC(=O)c1cc(N2CCOCC2)ccc1NC(=O)C(C)C1CNC1. The molecular weight excluding hydrogens is 322 g/mol. The van der Waals surface area contributed by atoms with Gasteiger partial charge in [-0.25, -0.2) is 4.79 Å². The number of nitrogens with zero attached hydrogens (tertiary/aromatic N) is 1. The lowest BCUT2D eigenvalue weighted by molar-refractivity contribution is -0.121. The minimum Gasteiger partial charge on any atom is -0.465 e. The summed E-state index contributed by atoms with van der Waals surface area (Å²) in [5.74, 6) is -0.293. The molecule has 7 nitrogen and oxygen atoms in total. The first-order valence-electron chi connectivity index (χ1n) is 8.67. The van der Waals surface area contributed by atoms with Crippen LogP contribution in [0.1, 0.15) is 17.3 Å². The maximum absolute atomic E-state index is 12.5. The third-order valence-electron chi connectivity index (χ3n) is 4.98. The van der Waals surface area contributed by atoms with Crippen LogP contribution in [0.3, 0.4) is 0 Å². The number of rotatable bonds is 5. The van der Waals surface area contributed by atoms with Crippen molar-refractivity contribution < 1.29 is 19.1 Å². The van der Waals surface area contributed by atoms with Gasteiger partial charge in [-0.05, 0) is 37.2 Å². The Morgan fingerprint density at radius 1 is 1.32 bits per heavy atom. The van der Waals surface area contributed by atoms with E-state index < -0.39 is 5.97 Å². The van der Waals surface area contributed by atoms with Gasteiger partial charge in [-0.3, -0.25) is 4.79 Å². The molecule has 2 aliphatic heterocycles. The number of methoxy groups -OCH3 is 1. The van der Waals surface area contributed by atoms with E-state index in [1.165, 1.54) is 7.11 Å². The fourth-order valence-corrected chi connectivity index (χ4v) is 3.06. The molecule has 2 saturated heterocycles. The van der Waals surface area contributed by atoms with Crippen molar-refractivity contribution >= 4 is 23.3 Å². The molecule has 0 radical (unpaired) electrons. The summed E-state index contributed by atoms with van der Waals surface area (Å²) in [6, 6.07) is 5.48. The van der Waals surface area contributed by atoms with Crippen LogP contribution in [0.5, 0.6) is 0 Å². The normalized spacial score (nSPS) is 19.0. The Hall–Kier alpha value is -2.12. The largest absolute Gasteiger partial charge is 0.465 e. The van der Waals surface area contributed by atoms with Gasteiger partial charge in [0.05, 0.1) is 31.6 Å². The van der Waals surface area contributed by atoms with E-state index in [-0.39, 0.29) is 11.8 Å². The van der Waals surface area contributed by atoms with Crippen molar-refractivity contribution in [3.05, 3.63) is 23.8 Å². The highest BCUT2D eigenvalue weighted by Gasteiger charge is 2.29. The summed E-state index contributed by atoms with van der Waals surface area (Å²) in [5.41, 5.74) is 1.80. The second-order valence-corrected chi connectivity index (χ2v) is 6.52. The molecule has 3 rings (SSSR count). The molecule has 2 N–H and O–H groups in total. The monoisotopic (exact) mass is 347 g/mol. The molecule has 1 aromatic carbocycles. The summed E-state index contributed by atoms with van der Waals surface area (Å²) in [4.78, 5) is 26.8. The molecule has 0 saturated carbocycles. The number of amides is 1. The number of nitrogens with one attached hydrogen (secondary N) is 2. The molecule has 0 bridgehead atoms. The van der Waals surface area contributed by atoms with E-state index in [0.717, 1.165) is 31.9 Å². The van der Waals surface area contributed by atoms with Gasteiger partial charge in [-0.15, -0.1) is 0 Å². The number of carbonyl (C=O) groups excluding carboxylic acids is 2. The Morgan fingerprint density at radius 3 is 2.64 bits per heavy atom. The number of esters is 1. The molecule has 1 amide bonds. The van der Waals surface area contributed by atoms with E-state index in [4.69, 9.17) is 9.47 Å². The van der Waals surface area contributed by atoms with Gasteiger partial charge in [0.1, 0.15) is 0 Å². The number of morpholine rings is 1. The van der Waals surface area contributed by atoms with Crippen molar-refractivity contribution in [2.75, 3.05) is 56.7 Å². The van der Waals surface area contributed by atoms with E-state index >= 15 is 0 Å². The van der Waals surface area contributed by atoms with Gasteiger partial charge in [0.15, 0.2) is 0 Å². The summed E-state index contributed by atoms with van der Waals surface area (Å²) in [6.45, 7) is 6.51. The lowest BCUT2D eigenvalue weighted by Gasteiger charge is -2.32. The van der Waals surface area contributed by atoms with Crippen molar-refractivity contribution in [2.45, 2.75) is 6.92 Å². The van der Waals surface area contributed by atoms with Crippen LogP contribution in [0.25, 0.3) is 0 Å². The molecule has 2 heterocycles. The minimum atomic E-state index is -0.455. The number of hydrogen-bond acceptors (Lipinski definition) is 6. The van der Waals surface area contributed by atoms with Crippen molar-refractivity contribution in [3.63, 3.8) is 0 Å². The lowest BCUT2D eigenvalue weighted by Crippen LogP contribution is -2.48. The fraction of sp³-hybridized carbons (Fsp3) is 0.556. The van der Waals surface area contributed by atoms with Crippen LogP contribution in [-0.4, -0.2) is 58.4 Å². The Bertz CT molecular complexity index is 639. The van der Waals surface area contributed by atoms with Gasteiger partial charge in [0.25, 0.3) is 0 Å². The van der Waals surface area contributed by atoms with Gasteiger partial charge in [-0.1, -0.05) is 6.92 Å². The molecule has 2 fully saturated rings. The Labute approximate surface area is 147 Å². The zero-order chi connectivity index (χ0) is 17.8. The molecular formula is C18H25N3O4. The number of ether oxygens (including phenoxy) is 2. The summed E-state index contributed by atoms with van der Waals surface area (Å²) < 4.78 is 10.3. The first-order valence-corrected chi connectivity index (χ1v) is 8.67. The summed E-state index contributed by atoms with van der Waals surface area (Å²) in [6.07, 6.45) is 0. The molecule has 0 spiro atoms. The van der Waals surface area contributed by atoms with Gasteiger partial charge in [-0.2, -0.15) is 0 Å². The number of anilines is 2. The average Bonchev–Trinajstić information content (AvgIpc) is 2.60. The highest BCUT2D eigenvalue weighted by molar-refractivity contribution is 6.02. The average molecular weight is 347 g/mol. The van der Waals surface area contributed by atoms with E-state index in [1.807, 2.05) is 13.0 Å². The lowest BCUT2D eigenvalue weighted by atomic mass is 9.88. The Morgan fingerprint density at radius 2 is 2.04 bits per heavy atom. The number of carbonyl (C=O) groups is 2. The van der Waals surface area contributed by atoms with Crippen molar-refractivity contribution in [1.82, 2.24) is 5.32 Å². The smallest absolute Gasteiger partial charge is 0.340 e. The minimum absolute atomic E-state index is 0.0734. The van der Waals surface area contributed by atoms with Crippen LogP contribution in [-0.2, 0) is 14.3 Å². The number of hydrogen-bond donors (Lipinski definition) is 2. The van der Waals surface area contributed by atoms with Crippen LogP contribution in [0.15, 0.2) is 18.2 Å². The quantitative estimate of drug-likeness (QED) is 0.777. The standard InChI is InChI=1S/C18H25N3O4/c1-12(13-10-19-11-13)17(22)20-16-4-3-14(9-15(16)18(23)24-2)21-5-7-25-8-6-21/h3-4,9,12-13,19H,5-8,10-11H2,1-2H3,(H,20,22). The predicted octanol–water partition coefficient (Wildman–Crippen LogP) is 1.10. The molecule has 136 valence electrons.